The van der Waals surface area contributed by atoms with E-state index in [4.69, 9.17) is 4.74 Å². The van der Waals surface area contributed by atoms with Gasteiger partial charge < -0.3 is 9.84 Å². The molecule has 1 aromatic carbocycles. The normalized spacial score (nSPS) is 31.8. The van der Waals surface area contributed by atoms with Crippen LogP contribution in [0.5, 0.6) is 0 Å². The average molecular weight is 288 g/mol. The summed E-state index contributed by atoms with van der Waals surface area (Å²) in [7, 11) is 0. The molecule has 0 aromatic heterocycles. The maximum Gasteiger partial charge on any atom is 0.306 e. The summed E-state index contributed by atoms with van der Waals surface area (Å²) < 4.78 is 5.97. The van der Waals surface area contributed by atoms with Gasteiger partial charge in [-0.2, -0.15) is 0 Å². The predicted octanol–water partition coefficient (Wildman–Crippen LogP) is 3.87. The number of hydrogen-bond donors (Lipinski definition) is 1. The van der Waals surface area contributed by atoms with Crippen LogP contribution in [-0.4, -0.2) is 17.7 Å². The monoisotopic (exact) mass is 288 g/mol. The second-order valence-corrected chi connectivity index (χ2v) is 6.92. The second kappa shape index (κ2) is 6.18. The largest absolute Gasteiger partial charge is 0.481 e. The Morgan fingerprint density at radius 2 is 2.10 bits per heavy atom. The molecule has 2 bridgehead atoms. The fourth-order valence-corrected chi connectivity index (χ4v) is 4.31. The maximum atomic E-state index is 11.4. The smallest absolute Gasteiger partial charge is 0.306 e. The molecule has 0 amide bonds. The minimum atomic E-state index is -0.617. The molecule has 0 aliphatic heterocycles. The van der Waals surface area contributed by atoms with Gasteiger partial charge >= 0.3 is 5.97 Å². The van der Waals surface area contributed by atoms with Crippen molar-refractivity contribution >= 4 is 5.97 Å². The third-order valence-electron chi connectivity index (χ3n) is 5.21. The molecule has 2 saturated carbocycles. The molecule has 2 aliphatic carbocycles. The number of carbonyl (C=O) groups is 1. The van der Waals surface area contributed by atoms with Crippen molar-refractivity contribution in [2.24, 2.45) is 17.3 Å². The Kier molecular flexibility index (Phi) is 4.29. The van der Waals surface area contributed by atoms with E-state index in [0.717, 1.165) is 25.7 Å². The Hall–Kier alpha value is -1.35. The number of hydrogen-bond acceptors (Lipinski definition) is 2. The first-order chi connectivity index (χ1) is 10.2. The molecule has 3 rings (SSSR count). The predicted molar refractivity (Wildman–Crippen MR) is 80.8 cm³/mol. The summed E-state index contributed by atoms with van der Waals surface area (Å²) in [6, 6.07) is 10.2. The van der Waals surface area contributed by atoms with Gasteiger partial charge in [0.2, 0.25) is 0 Å². The summed E-state index contributed by atoms with van der Waals surface area (Å²) in [6.45, 7) is 1.34. The molecule has 1 aromatic rings. The molecule has 3 unspecified atom stereocenters. The van der Waals surface area contributed by atoms with Crippen LogP contribution < -0.4 is 0 Å². The van der Waals surface area contributed by atoms with E-state index < -0.39 is 5.97 Å². The molecule has 0 radical (unpaired) electrons. The zero-order valence-electron chi connectivity index (χ0n) is 12.5. The zero-order chi connectivity index (χ0) is 14.7. The molecule has 3 nitrogen and oxygen atoms in total. The summed E-state index contributed by atoms with van der Waals surface area (Å²) in [6.07, 6.45) is 6.38. The summed E-state index contributed by atoms with van der Waals surface area (Å²) in [5, 5.41) is 9.37. The van der Waals surface area contributed by atoms with Gasteiger partial charge in [0.1, 0.15) is 0 Å². The Morgan fingerprint density at radius 1 is 1.29 bits per heavy atom. The van der Waals surface area contributed by atoms with Crippen LogP contribution in [-0.2, 0) is 16.1 Å². The zero-order valence-corrected chi connectivity index (χ0v) is 12.5. The van der Waals surface area contributed by atoms with Crippen LogP contribution in [0.15, 0.2) is 30.3 Å². The molecule has 2 fully saturated rings. The van der Waals surface area contributed by atoms with Gasteiger partial charge in [0.25, 0.3) is 0 Å². The molecule has 0 saturated heterocycles. The van der Waals surface area contributed by atoms with Gasteiger partial charge in [-0.25, -0.2) is 0 Å². The molecule has 114 valence electrons. The van der Waals surface area contributed by atoms with E-state index in [1.165, 1.54) is 18.4 Å². The van der Waals surface area contributed by atoms with Gasteiger partial charge in [-0.1, -0.05) is 43.2 Å². The van der Waals surface area contributed by atoms with Crippen LogP contribution in [0.4, 0.5) is 0 Å². The van der Waals surface area contributed by atoms with E-state index in [0.29, 0.717) is 19.1 Å². The van der Waals surface area contributed by atoms with Gasteiger partial charge in [-0.15, -0.1) is 0 Å². The van der Waals surface area contributed by atoms with Crippen molar-refractivity contribution in [1.82, 2.24) is 0 Å². The molecular formula is C18H24O3. The molecule has 1 N–H and O–H groups in total. The lowest BCUT2D eigenvalue weighted by molar-refractivity contribution is -0.148. The summed E-state index contributed by atoms with van der Waals surface area (Å²) >= 11 is 0. The van der Waals surface area contributed by atoms with E-state index in [-0.39, 0.29) is 11.3 Å². The lowest BCUT2D eigenvalue weighted by Gasteiger charge is -2.47. The van der Waals surface area contributed by atoms with Gasteiger partial charge in [0.15, 0.2) is 0 Å². The SMILES string of the molecule is O=C(O)C1CC2CCCC(COCc3ccccc3)(C2)C1. The molecular weight excluding hydrogens is 264 g/mol. The van der Waals surface area contributed by atoms with Crippen LogP contribution in [0.25, 0.3) is 0 Å². The minimum absolute atomic E-state index is 0.110. The number of carboxylic acids is 1. The number of fused-ring (bicyclic) bond motifs is 2. The van der Waals surface area contributed by atoms with E-state index in [2.05, 4.69) is 12.1 Å². The number of carboxylic acid groups (broad SMARTS) is 1. The highest BCUT2D eigenvalue weighted by Gasteiger charge is 2.45. The van der Waals surface area contributed by atoms with E-state index in [9.17, 15) is 9.90 Å². The molecule has 0 spiro atoms. The number of aliphatic carboxylic acids is 1. The Morgan fingerprint density at radius 3 is 2.86 bits per heavy atom. The Balaban J connectivity index is 1.60. The third-order valence-corrected chi connectivity index (χ3v) is 5.21. The van der Waals surface area contributed by atoms with Gasteiger partial charge in [0, 0.05) is 0 Å². The number of ether oxygens (including phenoxy) is 1. The van der Waals surface area contributed by atoms with Crippen molar-refractivity contribution in [2.75, 3.05) is 6.61 Å². The topological polar surface area (TPSA) is 46.5 Å². The highest BCUT2D eigenvalue weighted by Crippen LogP contribution is 2.51. The van der Waals surface area contributed by atoms with Gasteiger partial charge in [-0.3, -0.25) is 4.79 Å². The molecule has 2 aliphatic rings. The second-order valence-electron chi connectivity index (χ2n) is 6.92. The highest BCUT2D eigenvalue weighted by molar-refractivity contribution is 5.70. The van der Waals surface area contributed by atoms with E-state index >= 15 is 0 Å². The van der Waals surface area contributed by atoms with Crippen LogP contribution in [0.1, 0.15) is 44.1 Å². The van der Waals surface area contributed by atoms with E-state index in [1.807, 2.05) is 18.2 Å². The lowest BCUT2D eigenvalue weighted by atomic mass is 9.59. The average Bonchev–Trinajstić information content (AvgIpc) is 2.47. The highest BCUT2D eigenvalue weighted by atomic mass is 16.5. The Labute approximate surface area is 126 Å². The standard InChI is InChI=1S/C18H24O3/c19-17(20)16-9-15-7-4-8-18(10-15,11-16)13-21-12-14-5-2-1-3-6-14/h1-3,5-6,15-16H,4,7-13H2,(H,19,20). The molecule has 0 heterocycles. The minimum Gasteiger partial charge on any atom is -0.481 e. The summed E-state index contributed by atoms with van der Waals surface area (Å²) in [4.78, 5) is 11.4. The maximum absolute atomic E-state index is 11.4. The number of rotatable bonds is 5. The molecule has 3 atom stereocenters. The van der Waals surface area contributed by atoms with Gasteiger partial charge in [0.05, 0.1) is 19.1 Å². The van der Waals surface area contributed by atoms with Crippen molar-refractivity contribution < 1.29 is 14.6 Å². The van der Waals surface area contributed by atoms with E-state index in [1.54, 1.807) is 0 Å². The first kappa shape index (κ1) is 14.6. The number of benzene rings is 1. The van der Waals surface area contributed by atoms with Crippen molar-refractivity contribution in [3.8, 4) is 0 Å². The van der Waals surface area contributed by atoms with Crippen molar-refractivity contribution in [3.05, 3.63) is 35.9 Å². The molecule has 3 heteroatoms. The van der Waals surface area contributed by atoms with Crippen molar-refractivity contribution in [1.29, 1.82) is 0 Å². The third kappa shape index (κ3) is 3.46. The lowest BCUT2D eigenvalue weighted by Crippen LogP contribution is -2.42. The first-order valence-corrected chi connectivity index (χ1v) is 8.01. The summed E-state index contributed by atoms with van der Waals surface area (Å²) in [5.74, 6) is -0.188. The van der Waals surface area contributed by atoms with Crippen LogP contribution in [0.3, 0.4) is 0 Å². The fraction of sp³-hybridized carbons (Fsp3) is 0.611. The Bertz CT molecular complexity index is 484. The van der Waals surface area contributed by atoms with Crippen molar-refractivity contribution in [2.45, 2.75) is 45.1 Å². The quantitative estimate of drug-likeness (QED) is 0.894. The fourth-order valence-electron chi connectivity index (χ4n) is 4.31. The first-order valence-electron chi connectivity index (χ1n) is 8.01. The van der Waals surface area contributed by atoms with Crippen LogP contribution in [0, 0.1) is 17.3 Å². The van der Waals surface area contributed by atoms with Crippen LogP contribution in [0.2, 0.25) is 0 Å². The van der Waals surface area contributed by atoms with Gasteiger partial charge in [-0.05, 0) is 42.6 Å². The van der Waals surface area contributed by atoms with Crippen LogP contribution >= 0.6 is 0 Å². The summed E-state index contributed by atoms with van der Waals surface area (Å²) in [5.41, 5.74) is 1.30. The molecule has 21 heavy (non-hydrogen) atoms. The van der Waals surface area contributed by atoms with Crippen molar-refractivity contribution in [3.63, 3.8) is 0 Å².